The van der Waals surface area contributed by atoms with Crippen molar-refractivity contribution in [1.29, 1.82) is 0 Å². The van der Waals surface area contributed by atoms with Gasteiger partial charge in [-0.05, 0) is 32.0 Å². The van der Waals surface area contributed by atoms with Crippen LogP contribution < -0.4 is 14.8 Å². The Hall–Kier alpha value is -3.02. The number of anilines is 1. The second-order valence-corrected chi connectivity index (χ2v) is 7.37. The Kier molecular flexibility index (Phi) is 6.75. The predicted octanol–water partition coefficient (Wildman–Crippen LogP) is 2.82. The van der Waals surface area contributed by atoms with Crippen LogP contribution in [0.3, 0.4) is 0 Å². The Balaban J connectivity index is 1.40. The van der Waals surface area contributed by atoms with Crippen molar-refractivity contribution in [2.24, 2.45) is 0 Å². The van der Waals surface area contributed by atoms with Crippen LogP contribution >= 0.6 is 11.3 Å². The van der Waals surface area contributed by atoms with Crippen molar-refractivity contribution in [1.82, 2.24) is 20.0 Å². The minimum Gasteiger partial charge on any atom is -0.486 e. The number of benzene rings is 1. The van der Waals surface area contributed by atoms with Gasteiger partial charge in [0.15, 0.2) is 28.6 Å². The van der Waals surface area contributed by atoms with Crippen LogP contribution in [0, 0.1) is 0 Å². The van der Waals surface area contributed by atoms with Gasteiger partial charge in [0.05, 0.1) is 18.4 Å². The highest BCUT2D eigenvalue weighted by molar-refractivity contribution is 7.14. The fourth-order valence-electron chi connectivity index (χ4n) is 3.00. The summed E-state index contributed by atoms with van der Waals surface area (Å²) in [6.45, 7) is 6.21. The van der Waals surface area contributed by atoms with E-state index in [1.54, 1.807) is 6.20 Å². The molecule has 2 aromatic heterocycles. The van der Waals surface area contributed by atoms with Gasteiger partial charge in [-0.25, -0.2) is 9.67 Å². The third-order valence-electron chi connectivity index (χ3n) is 4.38. The smallest absolute Gasteiger partial charge is 0.279 e. The fourth-order valence-corrected chi connectivity index (χ4v) is 3.71. The van der Waals surface area contributed by atoms with Crippen LogP contribution in [0.25, 0.3) is 11.3 Å². The molecule has 1 aromatic carbocycles. The van der Waals surface area contributed by atoms with Crippen molar-refractivity contribution in [3.05, 3.63) is 35.5 Å². The number of nitrogens with one attached hydrogen (secondary N) is 1. The van der Waals surface area contributed by atoms with Gasteiger partial charge in [-0.15, -0.1) is 16.4 Å². The predicted molar refractivity (Wildman–Crippen MR) is 114 cm³/mol. The van der Waals surface area contributed by atoms with Gasteiger partial charge in [-0.2, -0.15) is 0 Å². The summed E-state index contributed by atoms with van der Waals surface area (Å²) < 4.78 is 23.7. The van der Waals surface area contributed by atoms with Crippen molar-refractivity contribution in [3.8, 4) is 22.8 Å². The number of rotatable bonds is 9. The van der Waals surface area contributed by atoms with Gasteiger partial charge in [-0.3, -0.25) is 10.1 Å². The summed E-state index contributed by atoms with van der Waals surface area (Å²) in [6.07, 6.45) is 1.11. The van der Waals surface area contributed by atoms with Crippen LogP contribution in [0.5, 0.6) is 11.5 Å². The molecule has 164 valence electrons. The maximum Gasteiger partial charge on any atom is 0.279 e. The molecule has 4 rings (SSSR count). The Bertz CT molecular complexity index is 1030. The number of nitrogens with zero attached hydrogens (tertiary/aromatic N) is 4. The molecule has 0 atom stereocenters. The van der Waals surface area contributed by atoms with Gasteiger partial charge in [0.1, 0.15) is 13.2 Å². The van der Waals surface area contributed by atoms with Gasteiger partial charge in [0.25, 0.3) is 5.91 Å². The molecule has 0 bridgehead atoms. The summed E-state index contributed by atoms with van der Waals surface area (Å²) in [5, 5.41) is 13.0. The number of amides is 1. The Morgan fingerprint density at radius 1 is 1.23 bits per heavy atom. The number of aromatic nitrogens is 4. The number of thiazole rings is 1. The summed E-state index contributed by atoms with van der Waals surface area (Å²) >= 11 is 1.33. The lowest BCUT2D eigenvalue weighted by atomic mass is 10.1. The van der Waals surface area contributed by atoms with Crippen molar-refractivity contribution in [2.75, 3.05) is 31.7 Å². The van der Waals surface area contributed by atoms with Gasteiger partial charge < -0.3 is 18.9 Å². The molecule has 0 aliphatic carbocycles. The lowest BCUT2D eigenvalue weighted by Crippen LogP contribution is -2.24. The van der Waals surface area contributed by atoms with E-state index >= 15 is 0 Å². The topological polar surface area (TPSA) is 110 Å². The summed E-state index contributed by atoms with van der Waals surface area (Å²) in [4.78, 5) is 17.0. The molecule has 3 aromatic rings. The standard InChI is InChI=1S/C20H23N5O5S/c1-3-27-18(28-4-2)11-25-10-14(23-24-25)19(26)22-20-21-15(12-31-20)13-5-6-16-17(9-13)30-8-7-29-16/h5-6,9-10,12,18H,3-4,7-8,11H2,1-2H3,(H,21,22,26). The van der Waals surface area contributed by atoms with E-state index in [0.717, 1.165) is 17.0 Å². The first-order chi connectivity index (χ1) is 15.2. The third-order valence-corrected chi connectivity index (χ3v) is 5.13. The molecule has 1 aliphatic rings. The first-order valence-corrected chi connectivity index (χ1v) is 10.8. The van der Waals surface area contributed by atoms with Gasteiger partial charge in [-0.1, -0.05) is 5.21 Å². The van der Waals surface area contributed by atoms with Crippen LogP contribution in [0.4, 0.5) is 5.13 Å². The summed E-state index contributed by atoms with van der Waals surface area (Å²) in [6, 6.07) is 5.65. The number of hydrogen-bond acceptors (Lipinski definition) is 9. The lowest BCUT2D eigenvalue weighted by molar-refractivity contribution is -0.145. The van der Waals surface area contributed by atoms with E-state index < -0.39 is 12.2 Å². The van der Waals surface area contributed by atoms with Crippen molar-refractivity contribution in [3.63, 3.8) is 0 Å². The molecule has 1 amide bonds. The van der Waals surface area contributed by atoms with Gasteiger partial charge >= 0.3 is 0 Å². The number of carbonyl (C=O) groups excluding carboxylic acids is 1. The quantitative estimate of drug-likeness (QED) is 0.501. The van der Waals surface area contributed by atoms with Gasteiger partial charge in [0, 0.05) is 24.2 Å². The van der Waals surface area contributed by atoms with E-state index in [1.165, 1.54) is 16.0 Å². The van der Waals surface area contributed by atoms with Crippen LogP contribution in [-0.2, 0) is 16.0 Å². The average molecular weight is 446 g/mol. The molecule has 1 N–H and O–H groups in total. The molecule has 0 fully saturated rings. The summed E-state index contributed by atoms with van der Waals surface area (Å²) in [5.74, 6) is 1.02. The Labute approximate surface area is 183 Å². The van der Waals surface area contributed by atoms with Crippen molar-refractivity contribution >= 4 is 22.4 Å². The molecule has 0 saturated carbocycles. The molecule has 0 spiro atoms. The molecule has 10 nitrogen and oxygen atoms in total. The highest BCUT2D eigenvalue weighted by Crippen LogP contribution is 2.35. The first kappa shape index (κ1) is 21.2. The number of ether oxygens (including phenoxy) is 4. The highest BCUT2D eigenvalue weighted by atomic mass is 32.1. The largest absolute Gasteiger partial charge is 0.486 e. The average Bonchev–Trinajstić information content (AvgIpc) is 3.44. The van der Waals surface area contributed by atoms with E-state index in [2.05, 4.69) is 20.6 Å². The molecule has 1 aliphatic heterocycles. The molecular weight excluding hydrogens is 422 g/mol. The summed E-state index contributed by atoms with van der Waals surface area (Å²) in [7, 11) is 0. The Morgan fingerprint density at radius 2 is 2.00 bits per heavy atom. The third kappa shape index (κ3) is 5.19. The number of hydrogen-bond donors (Lipinski definition) is 1. The van der Waals surface area contributed by atoms with Crippen LogP contribution in [0.15, 0.2) is 29.8 Å². The molecule has 11 heteroatoms. The minimum atomic E-state index is -0.444. The summed E-state index contributed by atoms with van der Waals surface area (Å²) in [5.41, 5.74) is 1.80. The molecule has 0 unspecified atom stereocenters. The zero-order chi connectivity index (χ0) is 21.6. The maximum atomic E-state index is 12.5. The van der Waals surface area contributed by atoms with Gasteiger partial charge in [0.2, 0.25) is 0 Å². The zero-order valence-corrected chi connectivity index (χ0v) is 18.1. The zero-order valence-electron chi connectivity index (χ0n) is 17.2. The molecule has 3 heterocycles. The van der Waals surface area contributed by atoms with Crippen molar-refractivity contribution < 1.29 is 23.7 Å². The molecule has 0 radical (unpaired) electrons. The van der Waals surface area contributed by atoms with E-state index in [4.69, 9.17) is 18.9 Å². The van der Waals surface area contributed by atoms with Crippen LogP contribution in [0.1, 0.15) is 24.3 Å². The van der Waals surface area contributed by atoms with Crippen molar-refractivity contribution in [2.45, 2.75) is 26.7 Å². The monoisotopic (exact) mass is 445 g/mol. The second kappa shape index (κ2) is 9.86. The number of carbonyl (C=O) groups is 1. The van der Waals surface area contributed by atoms with E-state index in [0.29, 0.717) is 43.9 Å². The molecule has 31 heavy (non-hydrogen) atoms. The molecule has 0 saturated heterocycles. The molecular formula is C20H23N5O5S. The lowest BCUT2D eigenvalue weighted by Gasteiger charge is -2.18. The van der Waals surface area contributed by atoms with Crippen LogP contribution in [-0.4, -0.2) is 58.6 Å². The van der Waals surface area contributed by atoms with Crippen LogP contribution in [0.2, 0.25) is 0 Å². The normalized spacial score (nSPS) is 12.9. The van der Waals surface area contributed by atoms with E-state index in [1.807, 2.05) is 37.4 Å². The maximum absolute atomic E-state index is 12.5. The highest BCUT2D eigenvalue weighted by Gasteiger charge is 2.17. The fraction of sp³-hybridized carbons (Fsp3) is 0.400. The van der Waals surface area contributed by atoms with E-state index in [9.17, 15) is 4.79 Å². The first-order valence-electron chi connectivity index (χ1n) is 9.96. The second-order valence-electron chi connectivity index (χ2n) is 6.52. The SMILES string of the molecule is CCOC(Cn1cc(C(=O)Nc2nc(-c3ccc4c(c3)OCCO4)cs2)nn1)OCC. The van der Waals surface area contributed by atoms with E-state index in [-0.39, 0.29) is 5.69 Å². The minimum absolute atomic E-state index is 0.183. The number of fused-ring (bicyclic) bond motifs is 1. The Morgan fingerprint density at radius 3 is 2.77 bits per heavy atom.